The third kappa shape index (κ3) is 2.25. The molecule has 14 heavy (non-hydrogen) atoms. The third-order valence-electron chi connectivity index (χ3n) is 2.15. The Morgan fingerprint density at radius 2 is 2.14 bits per heavy atom. The van der Waals surface area contributed by atoms with Crippen LogP contribution >= 0.6 is 0 Å². The zero-order chi connectivity index (χ0) is 10.6. The van der Waals surface area contributed by atoms with Crippen LogP contribution in [-0.4, -0.2) is 16.2 Å². The topological polar surface area (TPSA) is 57.5 Å². The maximum Gasteiger partial charge on any atom is 0.339 e. The zero-order valence-corrected chi connectivity index (χ0v) is 8.16. The Morgan fingerprint density at radius 3 is 2.71 bits per heavy atom. The summed E-state index contributed by atoms with van der Waals surface area (Å²) >= 11 is 0. The van der Waals surface area contributed by atoms with Crippen LogP contribution in [0.4, 0.5) is 0 Å². The van der Waals surface area contributed by atoms with Gasteiger partial charge >= 0.3 is 5.97 Å². The van der Waals surface area contributed by atoms with Gasteiger partial charge in [-0.3, -0.25) is 0 Å². The molecule has 0 aliphatic rings. The van der Waals surface area contributed by atoms with Crippen molar-refractivity contribution >= 4 is 5.97 Å². The summed E-state index contributed by atoms with van der Waals surface area (Å²) in [5, 5.41) is 18.4. The third-order valence-corrected chi connectivity index (χ3v) is 2.15. The molecule has 0 unspecified atom stereocenters. The number of aryl methyl sites for hydroxylation is 1. The highest BCUT2D eigenvalue weighted by Gasteiger charge is 2.11. The minimum Gasteiger partial charge on any atom is -0.507 e. The van der Waals surface area contributed by atoms with Crippen molar-refractivity contribution in [3.8, 4) is 5.75 Å². The second-order valence-corrected chi connectivity index (χ2v) is 3.22. The highest BCUT2D eigenvalue weighted by atomic mass is 16.4. The Hall–Kier alpha value is -1.51. The van der Waals surface area contributed by atoms with Gasteiger partial charge in [-0.25, -0.2) is 4.79 Å². The van der Waals surface area contributed by atoms with Crippen LogP contribution in [0.5, 0.6) is 5.75 Å². The van der Waals surface area contributed by atoms with E-state index in [4.69, 9.17) is 5.11 Å². The van der Waals surface area contributed by atoms with Crippen molar-refractivity contribution in [1.82, 2.24) is 0 Å². The van der Waals surface area contributed by atoms with Gasteiger partial charge in [-0.15, -0.1) is 0 Å². The Morgan fingerprint density at radius 1 is 1.43 bits per heavy atom. The molecule has 0 heterocycles. The van der Waals surface area contributed by atoms with Crippen LogP contribution in [0.1, 0.15) is 35.7 Å². The van der Waals surface area contributed by atoms with E-state index >= 15 is 0 Å². The molecule has 3 nitrogen and oxygen atoms in total. The van der Waals surface area contributed by atoms with Crippen LogP contribution in [-0.2, 0) is 6.42 Å². The van der Waals surface area contributed by atoms with Gasteiger partial charge in [0.2, 0.25) is 0 Å². The van der Waals surface area contributed by atoms with Crippen LogP contribution in [0.3, 0.4) is 0 Å². The van der Waals surface area contributed by atoms with Crippen molar-refractivity contribution < 1.29 is 15.0 Å². The van der Waals surface area contributed by atoms with Crippen molar-refractivity contribution in [2.75, 3.05) is 0 Å². The minimum absolute atomic E-state index is 0.0152. The normalized spacial score (nSPS) is 10.1. The summed E-state index contributed by atoms with van der Waals surface area (Å²) in [5.74, 6) is -1.17. The van der Waals surface area contributed by atoms with Crippen LogP contribution in [0.15, 0.2) is 18.2 Å². The lowest BCUT2D eigenvalue weighted by Crippen LogP contribution is -1.98. The number of hydrogen-bond donors (Lipinski definition) is 2. The maximum absolute atomic E-state index is 10.7. The van der Waals surface area contributed by atoms with Crippen LogP contribution in [0, 0.1) is 0 Å². The first-order valence-corrected chi connectivity index (χ1v) is 4.71. The SMILES string of the molecule is CCCCc1cccc(C(=O)O)c1O. The Labute approximate surface area is 83.0 Å². The molecule has 0 aromatic heterocycles. The number of benzene rings is 1. The Kier molecular flexibility index (Phi) is 3.51. The van der Waals surface area contributed by atoms with Gasteiger partial charge in [-0.1, -0.05) is 25.5 Å². The number of carboxylic acids is 1. The van der Waals surface area contributed by atoms with Crippen molar-refractivity contribution in [3.05, 3.63) is 29.3 Å². The fraction of sp³-hybridized carbons (Fsp3) is 0.364. The largest absolute Gasteiger partial charge is 0.507 e. The van der Waals surface area contributed by atoms with Gasteiger partial charge in [0.05, 0.1) is 0 Å². The van der Waals surface area contributed by atoms with E-state index in [1.54, 1.807) is 12.1 Å². The number of hydrogen-bond acceptors (Lipinski definition) is 2. The van der Waals surface area contributed by atoms with E-state index in [1.165, 1.54) is 6.07 Å². The van der Waals surface area contributed by atoms with E-state index in [1.807, 2.05) is 0 Å². The molecule has 0 amide bonds. The van der Waals surface area contributed by atoms with E-state index in [2.05, 4.69) is 6.92 Å². The van der Waals surface area contributed by atoms with Crippen molar-refractivity contribution in [3.63, 3.8) is 0 Å². The first-order valence-electron chi connectivity index (χ1n) is 4.71. The molecular weight excluding hydrogens is 180 g/mol. The molecule has 0 saturated carbocycles. The van der Waals surface area contributed by atoms with Gasteiger partial charge in [-0.05, 0) is 24.5 Å². The standard InChI is InChI=1S/C11H14O3/c1-2-3-5-8-6-4-7-9(10(8)12)11(13)14/h4,6-7,12H,2-3,5H2,1H3,(H,13,14). The molecule has 0 saturated heterocycles. The second kappa shape index (κ2) is 4.65. The van der Waals surface area contributed by atoms with Crippen molar-refractivity contribution in [1.29, 1.82) is 0 Å². The molecule has 0 fully saturated rings. The predicted octanol–water partition coefficient (Wildman–Crippen LogP) is 2.43. The maximum atomic E-state index is 10.7. The molecule has 0 spiro atoms. The fourth-order valence-corrected chi connectivity index (χ4v) is 1.33. The molecule has 0 radical (unpaired) electrons. The average molecular weight is 194 g/mol. The highest BCUT2D eigenvalue weighted by molar-refractivity contribution is 5.91. The first kappa shape index (κ1) is 10.6. The monoisotopic (exact) mass is 194 g/mol. The molecule has 2 N–H and O–H groups in total. The Balaban J connectivity index is 2.95. The molecule has 0 atom stereocenters. The van der Waals surface area contributed by atoms with Crippen LogP contribution in [0.2, 0.25) is 0 Å². The van der Waals surface area contributed by atoms with Gasteiger partial charge in [0.15, 0.2) is 0 Å². The van der Waals surface area contributed by atoms with Gasteiger partial charge in [0, 0.05) is 0 Å². The summed E-state index contributed by atoms with van der Waals surface area (Å²) in [6.07, 6.45) is 2.71. The molecule has 76 valence electrons. The lowest BCUT2D eigenvalue weighted by Gasteiger charge is -2.05. The van der Waals surface area contributed by atoms with Crippen molar-refractivity contribution in [2.45, 2.75) is 26.2 Å². The van der Waals surface area contributed by atoms with E-state index in [0.29, 0.717) is 5.56 Å². The molecule has 1 aromatic rings. The number of aromatic hydroxyl groups is 1. The molecular formula is C11H14O3. The molecule has 1 aromatic carbocycles. The quantitative estimate of drug-likeness (QED) is 0.773. The number of aromatic carboxylic acids is 1. The minimum atomic E-state index is -1.08. The zero-order valence-electron chi connectivity index (χ0n) is 8.16. The number of carboxylic acid groups (broad SMARTS) is 1. The van der Waals surface area contributed by atoms with E-state index in [-0.39, 0.29) is 11.3 Å². The second-order valence-electron chi connectivity index (χ2n) is 3.22. The van der Waals surface area contributed by atoms with E-state index in [0.717, 1.165) is 19.3 Å². The number of para-hydroxylation sites is 1. The summed E-state index contributed by atoms with van der Waals surface area (Å²) < 4.78 is 0. The number of carbonyl (C=O) groups is 1. The lowest BCUT2D eigenvalue weighted by atomic mass is 10.0. The van der Waals surface area contributed by atoms with Gasteiger partial charge in [-0.2, -0.15) is 0 Å². The summed E-state index contributed by atoms with van der Waals surface area (Å²) in [7, 11) is 0. The van der Waals surface area contributed by atoms with Crippen LogP contribution in [0.25, 0.3) is 0 Å². The lowest BCUT2D eigenvalue weighted by molar-refractivity contribution is 0.0693. The van der Waals surface area contributed by atoms with E-state index in [9.17, 15) is 9.90 Å². The summed E-state index contributed by atoms with van der Waals surface area (Å²) in [4.78, 5) is 10.7. The van der Waals surface area contributed by atoms with Gasteiger partial charge in [0.1, 0.15) is 11.3 Å². The van der Waals surface area contributed by atoms with E-state index < -0.39 is 5.97 Å². The molecule has 0 bridgehead atoms. The smallest absolute Gasteiger partial charge is 0.339 e. The number of unbranched alkanes of at least 4 members (excludes halogenated alkanes) is 1. The summed E-state index contributed by atoms with van der Waals surface area (Å²) in [5.41, 5.74) is 0.699. The highest BCUT2D eigenvalue weighted by Crippen LogP contribution is 2.23. The molecule has 1 rings (SSSR count). The summed E-state index contributed by atoms with van der Waals surface area (Å²) in [6, 6.07) is 4.83. The van der Waals surface area contributed by atoms with Gasteiger partial charge < -0.3 is 10.2 Å². The summed E-state index contributed by atoms with van der Waals surface area (Å²) in [6.45, 7) is 2.05. The fourth-order valence-electron chi connectivity index (χ4n) is 1.33. The predicted molar refractivity (Wildman–Crippen MR) is 53.7 cm³/mol. The molecule has 3 heteroatoms. The number of rotatable bonds is 4. The van der Waals surface area contributed by atoms with Crippen molar-refractivity contribution in [2.24, 2.45) is 0 Å². The average Bonchev–Trinajstić information content (AvgIpc) is 2.16. The first-order chi connectivity index (χ1) is 6.66. The van der Waals surface area contributed by atoms with Gasteiger partial charge in [0.25, 0.3) is 0 Å². The van der Waals surface area contributed by atoms with Crippen LogP contribution < -0.4 is 0 Å². The Bertz CT molecular complexity index is 331. The molecule has 0 aliphatic carbocycles. The number of phenols is 1. The molecule has 0 aliphatic heterocycles.